The van der Waals surface area contributed by atoms with Crippen LogP contribution in [-0.4, -0.2) is 30.9 Å². The van der Waals surface area contributed by atoms with Crippen LogP contribution in [0.3, 0.4) is 0 Å². The summed E-state index contributed by atoms with van der Waals surface area (Å²) in [6.07, 6.45) is 1.47. The van der Waals surface area contributed by atoms with Crippen LogP contribution in [0.2, 0.25) is 0 Å². The number of halogens is 1. The number of carbonyl (C=O) groups excluding carboxylic acids is 1. The summed E-state index contributed by atoms with van der Waals surface area (Å²) in [6, 6.07) is 15.3. The van der Waals surface area contributed by atoms with E-state index in [1.165, 1.54) is 18.3 Å². The van der Waals surface area contributed by atoms with Crippen LogP contribution < -0.4 is 10.9 Å². The summed E-state index contributed by atoms with van der Waals surface area (Å²) in [4.78, 5) is 32.1. The highest BCUT2D eigenvalue weighted by Crippen LogP contribution is 2.21. The summed E-state index contributed by atoms with van der Waals surface area (Å²) in [5, 5.41) is 7.27. The topological polar surface area (TPSA) is 92.7 Å². The van der Waals surface area contributed by atoms with Gasteiger partial charge in [0.25, 0.3) is 5.56 Å². The monoisotopic (exact) mass is 423 g/mol. The molecule has 0 spiro atoms. The quantitative estimate of drug-likeness (QED) is 0.367. The van der Waals surface area contributed by atoms with Crippen molar-refractivity contribution in [3.8, 4) is 5.69 Å². The number of rotatable bonds is 6. The zero-order chi connectivity index (χ0) is 21.1. The lowest BCUT2D eigenvalue weighted by Gasteiger charge is -2.11. The Kier molecular flexibility index (Phi) is 5.62. The molecule has 0 radical (unpaired) electrons. The Bertz CT molecular complexity index is 1240. The van der Waals surface area contributed by atoms with Crippen LogP contribution in [0.5, 0.6) is 0 Å². The molecular formula is C21H18FN5O2S. The maximum atomic E-state index is 13.0. The summed E-state index contributed by atoms with van der Waals surface area (Å²) in [5.41, 5.74) is 1.68. The van der Waals surface area contributed by atoms with Gasteiger partial charge in [-0.3, -0.25) is 9.59 Å². The standard InChI is InChI=1S/C21H18FN5O2S/c1-13(19(28)23-11-14-7-9-15(22)10-8-14)30-21-25-18-17(20(29)26-21)12-24-27(18)16-5-3-2-4-6-16/h2-10,12-13H,11H2,1H3,(H,23,28)(H,25,26,29)/t13-/m0/s1. The average Bonchev–Trinajstić information content (AvgIpc) is 3.18. The summed E-state index contributed by atoms with van der Waals surface area (Å²) < 4.78 is 14.6. The number of H-pyrrole nitrogens is 1. The number of fused-ring (bicyclic) bond motifs is 1. The van der Waals surface area contributed by atoms with E-state index in [1.54, 1.807) is 23.7 Å². The van der Waals surface area contributed by atoms with E-state index in [0.29, 0.717) is 16.2 Å². The van der Waals surface area contributed by atoms with Crippen LogP contribution >= 0.6 is 11.8 Å². The summed E-state index contributed by atoms with van der Waals surface area (Å²) >= 11 is 1.15. The lowest BCUT2D eigenvalue weighted by atomic mass is 10.2. The van der Waals surface area contributed by atoms with Crippen LogP contribution in [0.25, 0.3) is 16.7 Å². The zero-order valence-electron chi connectivity index (χ0n) is 16.0. The van der Waals surface area contributed by atoms with E-state index in [0.717, 1.165) is 23.0 Å². The third-order valence-electron chi connectivity index (χ3n) is 4.45. The minimum absolute atomic E-state index is 0.219. The van der Waals surface area contributed by atoms with Crippen LogP contribution in [0, 0.1) is 5.82 Å². The van der Waals surface area contributed by atoms with Crippen LogP contribution in [0.4, 0.5) is 4.39 Å². The van der Waals surface area contributed by atoms with Gasteiger partial charge in [0.15, 0.2) is 10.8 Å². The zero-order valence-corrected chi connectivity index (χ0v) is 16.8. The molecule has 4 rings (SSSR count). The van der Waals surface area contributed by atoms with Gasteiger partial charge in [-0.15, -0.1) is 0 Å². The Morgan fingerprint density at radius 2 is 1.93 bits per heavy atom. The molecule has 0 unspecified atom stereocenters. The molecule has 0 aliphatic heterocycles. The van der Waals surface area contributed by atoms with Crippen molar-refractivity contribution in [1.29, 1.82) is 0 Å². The third kappa shape index (κ3) is 4.25. The van der Waals surface area contributed by atoms with Gasteiger partial charge in [0.1, 0.15) is 11.2 Å². The molecule has 2 aromatic heterocycles. The first-order chi connectivity index (χ1) is 14.5. The molecule has 2 N–H and O–H groups in total. The molecule has 152 valence electrons. The minimum Gasteiger partial charge on any atom is -0.351 e. The smallest absolute Gasteiger partial charge is 0.262 e. The molecule has 9 heteroatoms. The predicted molar refractivity (Wildman–Crippen MR) is 113 cm³/mol. The number of benzene rings is 2. The summed E-state index contributed by atoms with van der Waals surface area (Å²) in [5.74, 6) is -0.544. The number of carbonyl (C=O) groups is 1. The van der Waals surface area contributed by atoms with E-state index in [1.807, 2.05) is 30.3 Å². The fraction of sp³-hybridized carbons (Fsp3) is 0.143. The van der Waals surface area contributed by atoms with E-state index in [9.17, 15) is 14.0 Å². The number of aromatic nitrogens is 4. The molecule has 2 aromatic carbocycles. The van der Waals surface area contributed by atoms with E-state index in [4.69, 9.17) is 0 Å². The molecule has 1 atom stereocenters. The van der Waals surface area contributed by atoms with Gasteiger partial charge in [-0.2, -0.15) is 5.10 Å². The van der Waals surface area contributed by atoms with Gasteiger partial charge in [0.2, 0.25) is 5.91 Å². The van der Waals surface area contributed by atoms with Gasteiger partial charge in [-0.1, -0.05) is 42.1 Å². The molecule has 0 aliphatic rings. The van der Waals surface area contributed by atoms with Gasteiger partial charge in [-0.05, 0) is 36.8 Å². The molecule has 0 bridgehead atoms. The Morgan fingerprint density at radius 1 is 1.20 bits per heavy atom. The second-order valence-corrected chi connectivity index (χ2v) is 7.93. The Morgan fingerprint density at radius 3 is 2.67 bits per heavy atom. The van der Waals surface area contributed by atoms with Gasteiger partial charge < -0.3 is 10.3 Å². The van der Waals surface area contributed by atoms with Crippen LogP contribution in [-0.2, 0) is 11.3 Å². The largest absolute Gasteiger partial charge is 0.351 e. The van der Waals surface area contributed by atoms with E-state index in [2.05, 4.69) is 20.4 Å². The molecule has 0 fully saturated rings. The summed E-state index contributed by atoms with van der Waals surface area (Å²) in [6.45, 7) is 2.01. The van der Waals surface area contributed by atoms with Gasteiger partial charge in [0, 0.05) is 6.54 Å². The predicted octanol–water partition coefficient (Wildman–Crippen LogP) is 3.04. The summed E-state index contributed by atoms with van der Waals surface area (Å²) in [7, 11) is 0. The molecule has 30 heavy (non-hydrogen) atoms. The van der Waals surface area contributed by atoms with Crippen molar-refractivity contribution in [2.24, 2.45) is 0 Å². The lowest BCUT2D eigenvalue weighted by Crippen LogP contribution is -2.30. The fourth-order valence-electron chi connectivity index (χ4n) is 2.87. The molecule has 4 aromatic rings. The number of para-hydroxylation sites is 1. The number of hydrogen-bond acceptors (Lipinski definition) is 5. The van der Waals surface area contributed by atoms with Gasteiger partial charge in [-0.25, -0.2) is 14.1 Å². The first-order valence-corrected chi connectivity index (χ1v) is 10.1. The first-order valence-electron chi connectivity index (χ1n) is 9.23. The number of amides is 1. The highest BCUT2D eigenvalue weighted by atomic mass is 32.2. The maximum Gasteiger partial charge on any atom is 0.262 e. The van der Waals surface area contributed by atoms with E-state index in [-0.39, 0.29) is 23.8 Å². The number of nitrogens with zero attached hydrogens (tertiary/aromatic N) is 3. The lowest BCUT2D eigenvalue weighted by molar-refractivity contribution is -0.120. The van der Waals surface area contributed by atoms with Crippen molar-refractivity contribution >= 4 is 28.7 Å². The second-order valence-electron chi connectivity index (χ2n) is 6.60. The molecule has 0 saturated heterocycles. The number of nitrogens with one attached hydrogen (secondary N) is 2. The van der Waals surface area contributed by atoms with Crippen LogP contribution in [0.15, 0.2) is 70.7 Å². The molecule has 1 amide bonds. The van der Waals surface area contributed by atoms with Crippen LogP contribution in [0.1, 0.15) is 12.5 Å². The number of aromatic amines is 1. The van der Waals surface area contributed by atoms with Crippen molar-refractivity contribution in [1.82, 2.24) is 25.1 Å². The van der Waals surface area contributed by atoms with E-state index >= 15 is 0 Å². The van der Waals surface area contributed by atoms with Gasteiger partial charge in [0.05, 0.1) is 17.1 Å². The average molecular weight is 423 g/mol. The molecule has 2 heterocycles. The maximum absolute atomic E-state index is 13.0. The number of thioether (sulfide) groups is 1. The Labute approximate surface area is 175 Å². The second kappa shape index (κ2) is 8.50. The van der Waals surface area contributed by atoms with Gasteiger partial charge >= 0.3 is 0 Å². The minimum atomic E-state index is -0.501. The molecular weight excluding hydrogens is 405 g/mol. The number of hydrogen-bond donors (Lipinski definition) is 2. The highest BCUT2D eigenvalue weighted by molar-refractivity contribution is 8.00. The van der Waals surface area contributed by atoms with Crippen molar-refractivity contribution in [3.63, 3.8) is 0 Å². The highest BCUT2D eigenvalue weighted by Gasteiger charge is 2.18. The third-order valence-corrected chi connectivity index (χ3v) is 5.44. The Balaban J connectivity index is 1.51. The van der Waals surface area contributed by atoms with Crippen molar-refractivity contribution in [3.05, 3.63) is 82.5 Å². The normalized spacial score (nSPS) is 12.1. The van der Waals surface area contributed by atoms with Crippen molar-refractivity contribution in [2.45, 2.75) is 23.9 Å². The fourth-order valence-corrected chi connectivity index (χ4v) is 3.68. The Hall–Kier alpha value is -3.46. The SMILES string of the molecule is C[C@H](Sc1nc2c(cnn2-c2ccccc2)c(=O)[nH]1)C(=O)NCc1ccc(F)cc1. The van der Waals surface area contributed by atoms with Crippen molar-refractivity contribution < 1.29 is 9.18 Å². The van der Waals surface area contributed by atoms with Crippen molar-refractivity contribution in [2.75, 3.05) is 0 Å². The van der Waals surface area contributed by atoms with E-state index < -0.39 is 5.25 Å². The molecule has 0 saturated carbocycles. The molecule has 0 aliphatic carbocycles. The molecule has 7 nitrogen and oxygen atoms in total. The first kappa shape index (κ1) is 19.8.